The van der Waals surface area contributed by atoms with Gasteiger partial charge in [-0.1, -0.05) is 6.08 Å². The highest BCUT2D eigenvalue weighted by atomic mass is 15.1. The Labute approximate surface area is 70.3 Å². The van der Waals surface area contributed by atoms with Gasteiger partial charge in [0.15, 0.2) is 0 Å². The van der Waals surface area contributed by atoms with Gasteiger partial charge in [-0.25, -0.2) is 0 Å². The zero-order chi connectivity index (χ0) is 8.53. The van der Waals surface area contributed by atoms with E-state index in [0.717, 1.165) is 19.5 Å². The second-order valence-corrected chi connectivity index (χ2v) is 2.84. The van der Waals surface area contributed by atoms with E-state index in [1.54, 1.807) is 0 Å². The lowest BCUT2D eigenvalue weighted by molar-refractivity contribution is 0.331. The molecule has 0 atom stereocenters. The summed E-state index contributed by atoms with van der Waals surface area (Å²) >= 11 is 0. The van der Waals surface area contributed by atoms with Crippen LogP contribution in [-0.2, 0) is 0 Å². The third-order valence-corrected chi connectivity index (χ3v) is 1.69. The lowest BCUT2D eigenvalue weighted by Crippen LogP contribution is -2.28. The molecule has 0 aliphatic carbocycles. The average molecular weight is 156 g/mol. The van der Waals surface area contributed by atoms with Crippen LogP contribution >= 0.6 is 0 Å². The second kappa shape index (κ2) is 7.76. The highest BCUT2D eigenvalue weighted by Crippen LogP contribution is 1.91. The number of hydrogen-bond acceptors (Lipinski definition) is 2. The summed E-state index contributed by atoms with van der Waals surface area (Å²) in [6.07, 6.45) is 4.33. The molecule has 0 rings (SSSR count). The monoisotopic (exact) mass is 156 g/mol. The third-order valence-electron chi connectivity index (χ3n) is 1.69. The molecule has 2 nitrogen and oxygen atoms in total. The van der Waals surface area contributed by atoms with Crippen LogP contribution in [0.4, 0.5) is 0 Å². The van der Waals surface area contributed by atoms with Crippen LogP contribution in [0.15, 0.2) is 12.7 Å². The Bertz CT molecular complexity index is 91.6. The summed E-state index contributed by atoms with van der Waals surface area (Å²) in [5.41, 5.74) is 0. The van der Waals surface area contributed by atoms with Crippen LogP contribution in [0.5, 0.6) is 0 Å². The van der Waals surface area contributed by atoms with Crippen LogP contribution < -0.4 is 5.32 Å². The predicted molar refractivity (Wildman–Crippen MR) is 50.9 cm³/mol. The van der Waals surface area contributed by atoms with Crippen molar-refractivity contribution in [2.75, 3.05) is 33.7 Å². The predicted octanol–water partition coefficient (Wildman–Crippen LogP) is 1.10. The van der Waals surface area contributed by atoms with E-state index in [1.165, 1.54) is 13.0 Å². The molecule has 0 radical (unpaired) electrons. The molecule has 0 amide bonds. The average Bonchev–Trinajstić information content (AvgIpc) is 2.01. The fourth-order valence-corrected chi connectivity index (χ4v) is 0.920. The first-order valence-electron chi connectivity index (χ1n) is 4.25. The minimum absolute atomic E-state index is 1.07. The van der Waals surface area contributed by atoms with Crippen LogP contribution in [0, 0.1) is 0 Å². The summed E-state index contributed by atoms with van der Waals surface area (Å²) in [4.78, 5) is 2.33. The van der Waals surface area contributed by atoms with Crippen LogP contribution in [0.1, 0.15) is 12.8 Å². The van der Waals surface area contributed by atoms with E-state index in [-0.39, 0.29) is 0 Å². The van der Waals surface area contributed by atoms with Crippen molar-refractivity contribution in [2.24, 2.45) is 0 Å². The Morgan fingerprint density at radius 1 is 1.45 bits per heavy atom. The Kier molecular flexibility index (Phi) is 7.52. The van der Waals surface area contributed by atoms with Gasteiger partial charge in [-0.3, -0.25) is 0 Å². The van der Waals surface area contributed by atoms with Crippen molar-refractivity contribution in [2.45, 2.75) is 12.8 Å². The maximum atomic E-state index is 3.69. The summed E-state index contributed by atoms with van der Waals surface area (Å²) in [5.74, 6) is 0. The molecule has 0 aliphatic rings. The number of hydrogen-bond donors (Lipinski definition) is 1. The first-order chi connectivity index (χ1) is 5.31. The van der Waals surface area contributed by atoms with E-state index in [4.69, 9.17) is 0 Å². The number of nitrogens with one attached hydrogen (secondary N) is 1. The Hall–Kier alpha value is -0.340. The van der Waals surface area contributed by atoms with Crippen molar-refractivity contribution in [3.05, 3.63) is 12.7 Å². The molecule has 11 heavy (non-hydrogen) atoms. The van der Waals surface area contributed by atoms with E-state index >= 15 is 0 Å². The summed E-state index contributed by atoms with van der Waals surface area (Å²) in [6, 6.07) is 0. The van der Waals surface area contributed by atoms with Gasteiger partial charge in [0.05, 0.1) is 0 Å². The van der Waals surface area contributed by atoms with Crippen LogP contribution in [0.2, 0.25) is 0 Å². The minimum Gasteiger partial charge on any atom is -0.318 e. The minimum atomic E-state index is 1.07. The number of nitrogens with zero attached hydrogens (tertiary/aromatic N) is 1. The lowest BCUT2D eigenvalue weighted by Gasteiger charge is -2.15. The van der Waals surface area contributed by atoms with Gasteiger partial charge in [0, 0.05) is 13.1 Å². The maximum Gasteiger partial charge on any atom is 0.0104 e. The van der Waals surface area contributed by atoms with E-state index in [1.807, 2.05) is 13.1 Å². The Balaban J connectivity index is 3.08. The molecular weight excluding hydrogens is 136 g/mol. The number of allylic oxidation sites excluding steroid dienone is 1. The molecule has 0 aromatic heterocycles. The smallest absolute Gasteiger partial charge is 0.0104 e. The van der Waals surface area contributed by atoms with Gasteiger partial charge < -0.3 is 10.2 Å². The fourth-order valence-electron chi connectivity index (χ4n) is 0.920. The molecule has 0 unspecified atom stereocenters. The molecule has 2 heteroatoms. The summed E-state index contributed by atoms with van der Waals surface area (Å²) in [7, 11) is 4.14. The van der Waals surface area contributed by atoms with Crippen LogP contribution in [0.25, 0.3) is 0 Å². The molecule has 0 aliphatic heterocycles. The molecule has 1 N–H and O–H groups in total. The first kappa shape index (κ1) is 10.7. The third kappa shape index (κ3) is 7.56. The van der Waals surface area contributed by atoms with Crippen molar-refractivity contribution >= 4 is 0 Å². The highest BCUT2D eigenvalue weighted by molar-refractivity contribution is 4.66. The molecule has 0 spiro atoms. The molecule has 0 saturated heterocycles. The highest BCUT2D eigenvalue weighted by Gasteiger charge is 1.94. The van der Waals surface area contributed by atoms with Crippen molar-refractivity contribution in [1.29, 1.82) is 0 Å². The molecule has 66 valence electrons. The number of likely N-dealkylation sites (N-methyl/N-ethyl adjacent to an activating group) is 2. The van der Waals surface area contributed by atoms with E-state index in [2.05, 4.69) is 23.8 Å². The standard InChI is InChI=1S/C9H20N2/c1-4-5-6-8-11(3)9-7-10-2/h4,10H,1,5-9H2,2-3H3. The molecule has 0 saturated carbocycles. The normalized spacial score (nSPS) is 10.5. The number of rotatable bonds is 7. The fraction of sp³-hybridized carbons (Fsp3) is 0.778. The number of unbranched alkanes of at least 4 members (excludes halogenated alkanes) is 1. The maximum absolute atomic E-state index is 3.69. The molecule has 0 fully saturated rings. The van der Waals surface area contributed by atoms with Crippen molar-refractivity contribution in [3.63, 3.8) is 0 Å². The summed E-state index contributed by atoms with van der Waals surface area (Å²) in [5, 5.41) is 3.13. The first-order valence-corrected chi connectivity index (χ1v) is 4.25. The lowest BCUT2D eigenvalue weighted by atomic mass is 10.3. The van der Waals surface area contributed by atoms with Crippen molar-refractivity contribution < 1.29 is 0 Å². The summed E-state index contributed by atoms with van der Waals surface area (Å²) in [6.45, 7) is 7.07. The van der Waals surface area contributed by atoms with Crippen LogP contribution in [-0.4, -0.2) is 38.6 Å². The quantitative estimate of drug-likeness (QED) is 0.439. The zero-order valence-corrected chi connectivity index (χ0v) is 7.77. The van der Waals surface area contributed by atoms with Crippen LogP contribution in [0.3, 0.4) is 0 Å². The van der Waals surface area contributed by atoms with Gasteiger partial charge in [0.2, 0.25) is 0 Å². The zero-order valence-electron chi connectivity index (χ0n) is 7.77. The van der Waals surface area contributed by atoms with Gasteiger partial charge >= 0.3 is 0 Å². The van der Waals surface area contributed by atoms with Gasteiger partial charge in [0.25, 0.3) is 0 Å². The largest absolute Gasteiger partial charge is 0.318 e. The van der Waals surface area contributed by atoms with Crippen molar-refractivity contribution in [1.82, 2.24) is 10.2 Å². The van der Waals surface area contributed by atoms with E-state index < -0.39 is 0 Å². The van der Waals surface area contributed by atoms with Crippen molar-refractivity contribution in [3.8, 4) is 0 Å². The molecule has 0 aromatic carbocycles. The van der Waals surface area contributed by atoms with E-state index in [9.17, 15) is 0 Å². The van der Waals surface area contributed by atoms with Gasteiger partial charge in [0.1, 0.15) is 0 Å². The Morgan fingerprint density at radius 2 is 2.18 bits per heavy atom. The van der Waals surface area contributed by atoms with E-state index in [0.29, 0.717) is 0 Å². The molecule has 0 heterocycles. The van der Waals surface area contributed by atoms with Gasteiger partial charge in [-0.15, -0.1) is 6.58 Å². The summed E-state index contributed by atoms with van der Waals surface area (Å²) < 4.78 is 0. The van der Waals surface area contributed by atoms with Gasteiger partial charge in [-0.05, 0) is 33.5 Å². The molecule has 0 aromatic rings. The van der Waals surface area contributed by atoms with Gasteiger partial charge in [-0.2, -0.15) is 0 Å². The topological polar surface area (TPSA) is 15.3 Å². The SMILES string of the molecule is C=CCCCN(C)CCNC. The second-order valence-electron chi connectivity index (χ2n) is 2.84. The molecular formula is C9H20N2. The Morgan fingerprint density at radius 3 is 2.73 bits per heavy atom. The molecule has 0 bridgehead atoms.